The van der Waals surface area contributed by atoms with Gasteiger partial charge in [0.05, 0.1) is 5.92 Å². The average Bonchev–Trinajstić information content (AvgIpc) is 2.76. The molecule has 1 aromatic carbocycles. The number of piperazine rings is 1. The van der Waals surface area contributed by atoms with Gasteiger partial charge in [0.2, 0.25) is 17.7 Å². The second-order valence-corrected chi connectivity index (χ2v) is 8.07. The highest BCUT2D eigenvalue weighted by Gasteiger charge is 2.37. The van der Waals surface area contributed by atoms with E-state index in [9.17, 15) is 18.4 Å². The number of rotatable bonds is 7. The Labute approximate surface area is 185 Å². The molecule has 2 aliphatic heterocycles. The molecule has 2 fully saturated rings. The summed E-state index contributed by atoms with van der Waals surface area (Å²) in [6.07, 6.45) is 3.52. The van der Waals surface area contributed by atoms with Gasteiger partial charge in [-0.15, -0.1) is 0 Å². The third-order valence-electron chi connectivity index (χ3n) is 6.16. The number of alkyl halides is 2. The van der Waals surface area contributed by atoms with Crippen LogP contribution in [0.5, 0.6) is 5.88 Å². The van der Waals surface area contributed by atoms with Crippen LogP contribution in [0.3, 0.4) is 0 Å². The number of pyridine rings is 1. The fourth-order valence-corrected chi connectivity index (χ4v) is 4.31. The minimum atomic E-state index is -2.92. The molecule has 170 valence electrons. The molecule has 2 aromatic rings. The summed E-state index contributed by atoms with van der Waals surface area (Å²) in [5.41, 5.74) is 1.05. The van der Waals surface area contributed by atoms with Gasteiger partial charge >= 0.3 is 6.61 Å². The molecule has 0 N–H and O–H groups in total. The summed E-state index contributed by atoms with van der Waals surface area (Å²) in [7, 11) is 0. The molecule has 2 aliphatic rings. The van der Waals surface area contributed by atoms with E-state index in [1.165, 1.54) is 12.3 Å². The zero-order valence-electron chi connectivity index (χ0n) is 17.8. The highest BCUT2D eigenvalue weighted by molar-refractivity contribution is 5.90. The Morgan fingerprint density at radius 2 is 1.88 bits per heavy atom. The molecule has 7 nitrogen and oxygen atoms in total. The molecular weight excluding hydrogens is 418 g/mol. The number of aromatic nitrogens is 1. The first-order chi connectivity index (χ1) is 15.5. The van der Waals surface area contributed by atoms with Crippen molar-refractivity contribution in [3.05, 3.63) is 48.7 Å². The maximum atomic E-state index is 12.7. The van der Waals surface area contributed by atoms with Crippen LogP contribution in [0.4, 0.5) is 8.78 Å². The van der Waals surface area contributed by atoms with Crippen LogP contribution in [0.2, 0.25) is 0 Å². The summed E-state index contributed by atoms with van der Waals surface area (Å²) in [6, 6.07) is 7.37. The first-order valence-corrected chi connectivity index (χ1v) is 10.7. The van der Waals surface area contributed by atoms with Crippen LogP contribution in [0.15, 0.2) is 43.1 Å². The molecule has 3 heterocycles. The Hall–Kier alpha value is -3.07. The van der Waals surface area contributed by atoms with E-state index in [-0.39, 0.29) is 23.6 Å². The first-order valence-electron chi connectivity index (χ1n) is 10.7. The molecule has 9 heteroatoms. The third kappa shape index (κ3) is 4.72. The summed E-state index contributed by atoms with van der Waals surface area (Å²) < 4.78 is 29.9. The summed E-state index contributed by atoms with van der Waals surface area (Å²) in [5.74, 6) is -0.183. The van der Waals surface area contributed by atoms with Gasteiger partial charge in [-0.3, -0.25) is 14.5 Å². The summed E-state index contributed by atoms with van der Waals surface area (Å²) in [4.78, 5) is 33.9. The number of carbonyl (C=O) groups is 2. The monoisotopic (exact) mass is 444 g/mol. The number of halogens is 2. The molecule has 4 rings (SSSR count). The van der Waals surface area contributed by atoms with E-state index in [4.69, 9.17) is 0 Å². The standard InChI is InChI=1S/C23H26F2N4O3/c1-2-20(30)29-14-17(15-29)22(31)28-12-10-27(11-13-28)9-7-16-4-3-5-19-18(16)6-8-26-21(19)32-23(24)25/h2-6,8,17,23H,1,7,9-15H2. The largest absolute Gasteiger partial charge is 0.416 e. The average molecular weight is 444 g/mol. The van der Waals surface area contributed by atoms with E-state index < -0.39 is 6.61 Å². The maximum Gasteiger partial charge on any atom is 0.388 e. The molecule has 32 heavy (non-hydrogen) atoms. The number of fused-ring (bicyclic) bond motifs is 1. The Kier molecular flexibility index (Phi) is 6.64. The van der Waals surface area contributed by atoms with Crippen LogP contribution in [0.1, 0.15) is 5.56 Å². The van der Waals surface area contributed by atoms with Crippen LogP contribution in [-0.4, -0.2) is 83.9 Å². The highest BCUT2D eigenvalue weighted by atomic mass is 19.3. The van der Waals surface area contributed by atoms with Crippen molar-refractivity contribution in [3.8, 4) is 5.88 Å². The molecule has 0 spiro atoms. The van der Waals surface area contributed by atoms with Gasteiger partial charge in [-0.1, -0.05) is 18.7 Å². The quantitative estimate of drug-likeness (QED) is 0.613. The smallest absolute Gasteiger partial charge is 0.388 e. The molecule has 0 saturated carbocycles. The molecule has 1 aromatic heterocycles. The molecule has 0 unspecified atom stereocenters. The summed E-state index contributed by atoms with van der Waals surface area (Å²) in [5, 5.41) is 1.43. The van der Waals surface area contributed by atoms with E-state index in [0.29, 0.717) is 31.6 Å². The fourth-order valence-electron chi connectivity index (χ4n) is 4.31. The highest BCUT2D eigenvalue weighted by Crippen LogP contribution is 2.27. The minimum absolute atomic E-state index is 0.0594. The summed E-state index contributed by atoms with van der Waals surface area (Å²) >= 11 is 0. The van der Waals surface area contributed by atoms with Crippen LogP contribution in [-0.2, 0) is 16.0 Å². The van der Waals surface area contributed by atoms with Gasteiger partial charge in [-0.25, -0.2) is 4.98 Å². The van der Waals surface area contributed by atoms with Gasteiger partial charge in [-0.05, 0) is 35.6 Å². The predicted molar refractivity (Wildman–Crippen MR) is 115 cm³/mol. The lowest BCUT2D eigenvalue weighted by atomic mass is 9.98. The number of carbonyl (C=O) groups excluding carboxylic acids is 2. The summed E-state index contributed by atoms with van der Waals surface area (Å²) in [6.45, 7) is 5.18. The molecular formula is C23H26F2N4O3. The van der Waals surface area contributed by atoms with Gasteiger partial charge in [0.1, 0.15) is 0 Å². The number of amides is 2. The van der Waals surface area contributed by atoms with Crippen molar-refractivity contribution in [2.75, 3.05) is 45.8 Å². The second kappa shape index (κ2) is 9.60. The van der Waals surface area contributed by atoms with Crippen molar-refractivity contribution >= 4 is 22.6 Å². The Balaban J connectivity index is 1.29. The van der Waals surface area contributed by atoms with Crippen molar-refractivity contribution in [2.24, 2.45) is 5.92 Å². The number of hydrogen-bond acceptors (Lipinski definition) is 5. The van der Waals surface area contributed by atoms with Gasteiger partial charge in [0.25, 0.3) is 0 Å². The lowest BCUT2D eigenvalue weighted by molar-refractivity contribution is -0.147. The van der Waals surface area contributed by atoms with Crippen LogP contribution >= 0.6 is 0 Å². The van der Waals surface area contributed by atoms with Crippen molar-refractivity contribution in [1.29, 1.82) is 0 Å². The van der Waals surface area contributed by atoms with Gasteiger partial charge in [0.15, 0.2) is 0 Å². The Morgan fingerprint density at radius 3 is 2.56 bits per heavy atom. The number of benzene rings is 1. The number of nitrogens with zero attached hydrogens (tertiary/aromatic N) is 4. The SMILES string of the molecule is C=CC(=O)N1CC(C(=O)N2CCN(CCc3cccc4c(OC(F)F)nccc34)CC2)C1. The molecule has 2 amide bonds. The Bertz CT molecular complexity index is 1000. The third-order valence-corrected chi connectivity index (χ3v) is 6.16. The number of hydrogen-bond donors (Lipinski definition) is 0. The van der Waals surface area contributed by atoms with Crippen LogP contribution in [0, 0.1) is 5.92 Å². The molecule has 0 atom stereocenters. The first kappa shape index (κ1) is 22.1. The van der Waals surface area contributed by atoms with Crippen molar-refractivity contribution in [1.82, 2.24) is 19.7 Å². The molecule has 0 bridgehead atoms. The second-order valence-electron chi connectivity index (χ2n) is 8.07. The number of likely N-dealkylation sites (tertiary alicyclic amines) is 1. The molecule has 2 saturated heterocycles. The topological polar surface area (TPSA) is 66.0 Å². The normalized spacial score (nSPS) is 17.5. The van der Waals surface area contributed by atoms with Crippen molar-refractivity contribution in [2.45, 2.75) is 13.0 Å². The molecule has 0 radical (unpaired) electrons. The molecule has 0 aliphatic carbocycles. The van der Waals surface area contributed by atoms with Crippen molar-refractivity contribution < 1.29 is 23.1 Å². The van der Waals surface area contributed by atoms with Gasteiger partial charge in [-0.2, -0.15) is 8.78 Å². The van der Waals surface area contributed by atoms with E-state index in [2.05, 4.69) is 21.2 Å². The lowest BCUT2D eigenvalue weighted by Crippen LogP contribution is -2.58. The Morgan fingerprint density at radius 1 is 1.12 bits per heavy atom. The van der Waals surface area contributed by atoms with Crippen LogP contribution < -0.4 is 4.74 Å². The van der Waals surface area contributed by atoms with E-state index in [1.807, 2.05) is 23.1 Å². The predicted octanol–water partition coefficient (Wildman–Crippen LogP) is 2.17. The fraction of sp³-hybridized carbons (Fsp3) is 0.435. The van der Waals surface area contributed by atoms with Gasteiger partial charge in [0, 0.05) is 57.4 Å². The van der Waals surface area contributed by atoms with Crippen molar-refractivity contribution in [3.63, 3.8) is 0 Å². The van der Waals surface area contributed by atoms with Gasteiger partial charge < -0.3 is 14.5 Å². The van der Waals surface area contributed by atoms with Crippen LogP contribution in [0.25, 0.3) is 10.8 Å². The zero-order chi connectivity index (χ0) is 22.7. The minimum Gasteiger partial charge on any atom is -0.416 e. The van der Waals surface area contributed by atoms with E-state index in [1.54, 1.807) is 11.0 Å². The zero-order valence-corrected chi connectivity index (χ0v) is 17.8. The lowest BCUT2D eigenvalue weighted by Gasteiger charge is -2.42. The number of ether oxygens (including phenoxy) is 1. The van der Waals surface area contributed by atoms with E-state index in [0.717, 1.165) is 37.0 Å². The van der Waals surface area contributed by atoms with E-state index >= 15 is 0 Å². The maximum absolute atomic E-state index is 12.7.